The molecule has 86 valence electrons. The number of hydrogen-bond acceptors (Lipinski definition) is 1. The normalized spacial score (nSPS) is 11.6. The zero-order valence-corrected chi connectivity index (χ0v) is 10.3. The molecule has 0 aliphatic rings. The van der Waals surface area contributed by atoms with E-state index in [9.17, 15) is 0 Å². The van der Waals surface area contributed by atoms with Gasteiger partial charge in [0, 0.05) is 19.6 Å². The molecule has 0 saturated heterocycles. The largest absolute Gasteiger partial charge is 0.303 e. The highest BCUT2D eigenvalue weighted by Crippen LogP contribution is 2.06. The molecule has 0 aliphatic heterocycles. The second-order valence-electron chi connectivity index (χ2n) is 5.40. The van der Waals surface area contributed by atoms with Crippen LogP contribution in [0.1, 0.15) is 41.5 Å². The van der Waals surface area contributed by atoms with Crippen LogP contribution in [0.25, 0.3) is 0 Å². The van der Waals surface area contributed by atoms with Gasteiger partial charge in [-0.05, 0) is 17.8 Å². The minimum atomic E-state index is 0. The van der Waals surface area contributed by atoms with Crippen molar-refractivity contribution in [2.24, 2.45) is 17.8 Å². The van der Waals surface area contributed by atoms with E-state index < -0.39 is 0 Å². The van der Waals surface area contributed by atoms with E-state index in [0.29, 0.717) is 0 Å². The van der Waals surface area contributed by atoms with Crippen LogP contribution in [0.15, 0.2) is 0 Å². The van der Waals surface area contributed by atoms with Crippen molar-refractivity contribution in [3.05, 3.63) is 0 Å². The summed E-state index contributed by atoms with van der Waals surface area (Å²) in [5.41, 5.74) is 0. The van der Waals surface area contributed by atoms with E-state index >= 15 is 0 Å². The first-order valence-electron chi connectivity index (χ1n) is 5.64. The minimum absolute atomic E-state index is 0. The molecule has 0 bridgehead atoms. The quantitative estimate of drug-likeness (QED) is 0.613. The van der Waals surface area contributed by atoms with E-state index in [4.69, 9.17) is 0 Å². The van der Waals surface area contributed by atoms with E-state index in [2.05, 4.69) is 46.4 Å². The standard InChI is InChI=1S/C12H27N.Al.3H/c1-10(2)7-13(8-11(3)4)9-12(5)6;;;;/h10-12H,7-9H2,1-6H3;;;;. The first-order chi connectivity index (χ1) is 5.91. The lowest BCUT2D eigenvalue weighted by molar-refractivity contribution is 0.198. The van der Waals surface area contributed by atoms with Gasteiger partial charge in [0.1, 0.15) is 0 Å². The van der Waals surface area contributed by atoms with Crippen molar-refractivity contribution in [2.45, 2.75) is 41.5 Å². The molecule has 2 heteroatoms. The smallest absolute Gasteiger partial charge is 0.187 e. The van der Waals surface area contributed by atoms with Crippen molar-refractivity contribution in [3.8, 4) is 0 Å². The molecule has 1 nitrogen and oxygen atoms in total. The van der Waals surface area contributed by atoms with Crippen LogP contribution in [-0.2, 0) is 0 Å². The first kappa shape index (κ1) is 16.9. The van der Waals surface area contributed by atoms with Crippen LogP contribution in [0.3, 0.4) is 0 Å². The molecule has 0 unspecified atom stereocenters. The molecular weight excluding hydrogens is 185 g/mol. The molecule has 0 spiro atoms. The van der Waals surface area contributed by atoms with Crippen LogP contribution in [0, 0.1) is 17.8 Å². The van der Waals surface area contributed by atoms with Crippen molar-refractivity contribution in [3.63, 3.8) is 0 Å². The first-order valence-corrected chi connectivity index (χ1v) is 5.64. The van der Waals surface area contributed by atoms with Crippen LogP contribution in [0.5, 0.6) is 0 Å². The van der Waals surface area contributed by atoms with Gasteiger partial charge in [-0.25, -0.2) is 0 Å². The highest BCUT2D eigenvalue weighted by atomic mass is 27.0. The second kappa shape index (κ2) is 8.77. The van der Waals surface area contributed by atoms with Gasteiger partial charge < -0.3 is 4.90 Å². The minimum Gasteiger partial charge on any atom is -0.303 e. The molecule has 0 amide bonds. The van der Waals surface area contributed by atoms with Gasteiger partial charge in [-0.1, -0.05) is 41.5 Å². The van der Waals surface area contributed by atoms with Crippen LogP contribution in [0.2, 0.25) is 0 Å². The van der Waals surface area contributed by atoms with Gasteiger partial charge in [-0.3, -0.25) is 0 Å². The van der Waals surface area contributed by atoms with Crippen molar-refractivity contribution < 1.29 is 0 Å². The Morgan fingerprint density at radius 2 is 0.857 bits per heavy atom. The van der Waals surface area contributed by atoms with Crippen molar-refractivity contribution in [1.29, 1.82) is 0 Å². The summed E-state index contributed by atoms with van der Waals surface area (Å²) in [6.07, 6.45) is 0. The van der Waals surface area contributed by atoms with E-state index in [0.717, 1.165) is 17.8 Å². The Hall–Kier alpha value is 0.492. The average Bonchev–Trinajstić information content (AvgIpc) is 1.80. The topological polar surface area (TPSA) is 3.24 Å². The summed E-state index contributed by atoms with van der Waals surface area (Å²) >= 11 is 0. The number of rotatable bonds is 6. The summed E-state index contributed by atoms with van der Waals surface area (Å²) in [7, 11) is 0. The summed E-state index contributed by atoms with van der Waals surface area (Å²) in [5, 5.41) is 0. The molecule has 0 aromatic carbocycles. The van der Waals surface area contributed by atoms with E-state index in [1.54, 1.807) is 0 Å². The maximum absolute atomic E-state index is 2.60. The lowest BCUT2D eigenvalue weighted by Crippen LogP contribution is -2.34. The third-order valence-corrected chi connectivity index (χ3v) is 1.87. The summed E-state index contributed by atoms with van der Waals surface area (Å²) in [5.74, 6) is 2.37. The van der Waals surface area contributed by atoms with Crippen LogP contribution >= 0.6 is 0 Å². The summed E-state index contributed by atoms with van der Waals surface area (Å²) in [6, 6.07) is 0. The third kappa shape index (κ3) is 10.6. The molecule has 0 aromatic rings. The fourth-order valence-electron chi connectivity index (χ4n) is 1.77. The molecule has 0 radical (unpaired) electrons. The SMILES string of the molecule is CC(C)CN(CC(C)C)CC(C)C.[AlH3]. The van der Waals surface area contributed by atoms with Gasteiger partial charge in [-0.2, -0.15) is 0 Å². The highest BCUT2D eigenvalue weighted by Gasteiger charge is 2.10. The monoisotopic (exact) mass is 215 g/mol. The fraction of sp³-hybridized carbons (Fsp3) is 1.00. The Bertz CT molecular complexity index is 97.7. The van der Waals surface area contributed by atoms with Crippen molar-refractivity contribution in [2.75, 3.05) is 19.6 Å². The van der Waals surface area contributed by atoms with Crippen LogP contribution in [-0.4, -0.2) is 41.9 Å². The maximum atomic E-state index is 2.60. The fourth-order valence-corrected chi connectivity index (χ4v) is 1.77. The van der Waals surface area contributed by atoms with Crippen molar-refractivity contribution >= 4 is 17.4 Å². The van der Waals surface area contributed by atoms with Gasteiger partial charge in [0.25, 0.3) is 0 Å². The molecule has 14 heavy (non-hydrogen) atoms. The molecule has 0 atom stereocenters. The second-order valence-corrected chi connectivity index (χ2v) is 5.40. The maximum Gasteiger partial charge on any atom is 0.187 e. The van der Waals surface area contributed by atoms with Gasteiger partial charge in [-0.15, -0.1) is 0 Å². The zero-order chi connectivity index (χ0) is 10.4. The number of nitrogens with zero attached hydrogens (tertiary/aromatic N) is 1. The van der Waals surface area contributed by atoms with Crippen LogP contribution in [0.4, 0.5) is 0 Å². The Labute approximate surface area is 101 Å². The Balaban J connectivity index is 0. The lowest BCUT2D eigenvalue weighted by Gasteiger charge is -2.27. The van der Waals surface area contributed by atoms with Gasteiger partial charge in [0.15, 0.2) is 17.4 Å². The molecular formula is C12H30AlN. The molecule has 0 heterocycles. The molecule has 0 saturated carbocycles. The van der Waals surface area contributed by atoms with Crippen LogP contribution < -0.4 is 0 Å². The Morgan fingerprint density at radius 3 is 1.00 bits per heavy atom. The Morgan fingerprint density at radius 1 is 0.643 bits per heavy atom. The Kier molecular flexibility index (Phi) is 10.6. The predicted molar refractivity (Wildman–Crippen MR) is 70.9 cm³/mol. The van der Waals surface area contributed by atoms with Gasteiger partial charge >= 0.3 is 0 Å². The van der Waals surface area contributed by atoms with E-state index in [1.807, 2.05) is 0 Å². The predicted octanol–water partition coefficient (Wildman–Crippen LogP) is 2.07. The average molecular weight is 215 g/mol. The molecule has 0 aliphatic carbocycles. The van der Waals surface area contributed by atoms with E-state index in [-0.39, 0.29) is 17.4 Å². The molecule has 0 rings (SSSR count). The summed E-state index contributed by atoms with van der Waals surface area (Å²) in [6.45, 7) is 17.5. The lowest BCUT2D eigenvalue weighted by atomic mass is 10.1. The molecule has 0 fully saturated rings. The zero-order valence-electron chi connectivity index (χ0n) is 10.3. The van der Waals surface area contributed by atoms with Gasteiger partial charge in [0.2, 0.25) is 0 Å². The summed E-state index contributed by atoms with van der Waals surface area (Å²) < 4.78 is 0. The highest BCUT2D eigenvalue weighted by molar-refractivity contribution is 5.75. The number of hydrogen-bond donors (Lipinski definition) is 0. The van der Waals surface area contributed by atoms with E-state index in [1.165, 1.54) is 19.6 Å². The van der Waals surface area contributed by atoms with Gasteiger partial charge in [0.05, 0.1) is 0 Å². The third-order valence-electron chi connectivity index (χ3n) is 1.87. The molecule has 0 N–H and O–H groups in total. The van der Waals surface area contributed by atoms with Crippen molar-refractivity contribution in [1.82, 2.24) is 4.90 Å². The summed E-state index contributed by atoms with van der Waals surface area (Å²) in [4.78, 5) is 2.60. The molecule has 0 aromatic heterocycles.